The normalized spacial score (nSPS) is 10.7. The Hall–Kier alpha value is -2.55. The van der Waals surface area contributed by atoms with Crippen molar-refractivity contribution in [2.24, 2.45) is 0 Å². The summed E-state index contributed by atoms with van der Waals surface area (Å²) >= 11 is 0. The molecule has 0 N–H and O–H groups in total. The van der Waals surface area contributed by atoms with Crippen molar-refractivity contribution in [2.75, 3.05) is 7.11 Å². The molecule has 0 saturated heterocycles. The standard InChI is InChI=1S/C17H15NO2/c1-12-7-9-13(10-8-12)15-11-14-5-3-4-6-16(14)18(20-2)17(15)19/h3-11H,1-2H3. The van der Waals surface area contributed by atoms with Gasteiger partial charge in [0, 0.05) is 5.39 Å². The fraction of sp³-hybridized carbons (Fsp3) is 0.118. The summed E-state index contributed by atoms with van der Waals surface area (Å²) in [6.07, 6.45) is 0. The van der Waals surface area contributed by atoms with E-state index < -0.39 is 0 Å². The quantitative estimate of drug-likeness (QED) is 0.713. The molecule has 0 bridgehead atoms. The topological polar surface area (TPSA) is 31.2 Å². The molecule has 0 radical (unpaired) electrons. The van der Waals surface area contributed by atoms with E-state index in [-0.39, 0.29) is 5.56 Å². The van der Waals surface area contributed by atoms with Crippen LogP contribution in [0.5, 0.6) is 0 Å². The first-order chi connectivity index (χ1) is 9.70. The van der Waals surface area contributed by atoms with Crippen LogP contribution in [0.2, 0.25) is 0 Å². The third kappa shape index (κ3) is 1.97. The molecule has 0 unspecified atom stereocenters. The summed E-state index contributed by atoms with van der Waals surface area (Å²) in [6.45, 7) is 2.03. The molecule has 3 heteroatoms. The lowest BCUT2D eigenvalue weighted by Crippen LogP contribution is -2.26. The fourth-order valence-electron chi connectivity index (χ4n) is 2.35. The second-order valence-corrected chi connectivity index (χ2v) is 4.76. The molecule has 100 valence electrons. The summed E-state index contributed by atoms with van der Waals surface area (Å²) in [5.74, 6) is 0. The minimum Gasteiger partial charge on any atom is -0.413 e. The van der Waals surface area contributed by atoms with E-state index >= 15 is 0 Å². The number of para-hydroxylation sites is 1. The zero-order chi connectivity index (χ0) is 14.1. The number of hydrogen-bond donors (Lipinski definition) is 0. The molecular weight excluding hydrogens is 250 g/mol. The van der Waals surface area contributed by atoms with Gasteiger partial charge in [-0.3, -0.25) is 4.79 Å². The van der Waals surface area contributed by atoms with Crippen molar-refractivity contribution in [3.05, 3.63) is 70.5 Å². The molecule has 3 rings (SSSR count). The summed E-state index contributed by atoms with van der Waals surface area (Å²) in [4.78, 5) is 17.8. The predicted octanol–water partition coefficient (Wildman–Crippen LogP) is 3.04. The molecule has 0 aliphatic heterocycles. The number of pyridine rings is 1. The van der Waals surface area contributed by atoms with Gasteiger partial charge >= 0.3 is 0 Å². The minimum absolute atomic E-state index is 0.143. The fourth-order valence-corrected chi connectivity index (χ4v) is 2.35. The summed E-state index contributed by atoms with van der Waals surface area (Å²) in [7, 11) is 1.51. The molecule has 2 aromatic carbocycles. The summed E-state index contributed by atoms with van der Waals surface area (Å²) in [5.41, 5.74) is 3.34. The highest BCUT2D eigenvalue weighted by Crippen LogP contribution is 2.21. The van der Waals surface area contributed by atoms with Gasteiger partial charge in [0.1, 0.15) is 7.11 Å². The van der Waals surface area contributed by atoms with Gasteiger partial charge in [-0.25, -0.2) is 0 Å². The van der Waals surface area contributed by atoms with Gasteiger partial charge < -0.3 is 4.84 Å². The van der Waals surface area contributed by atoms with Crippen molar-refractivity contribution >= 4 is 10.9 Å². The van der Waals surface area contributed by atoms with Crippen LogP contribution < -0.4 is 10.4 Å². The van der Waals surface area contributed by atoms with Crippen molar-refractivity contribution in [3.8, 4) is 11.1 Å². The van der Waals surface area contributed by atoms with Crippen molar-refractivity contribution in [1.29, 1.82) is 0 Å². The Morgan fingerprint density at radius 2 is 1.70 bits per heavy atom. The first-order valence-corrected chi connectivity index (χ1v) is 6.47. The monoisotopic (exact) mass is 265 g/mol. The van der Waals surface area contributed by atoms with E-state index in [0.717, 1.165) is 16.5 Å². The number of rotatable bonds is 2. The maximum atomic E-state index is 12.5. The lowest BCUT2D eigenvalue weighted by atomic mass is 10.0. The third-order valence-electron chi connectivity index (χ3n) is 3.42. The van der Waals surface area contributed by atoms with Gasteiger partial charge in [0.25, 0.3) is 5.56 Å². The Morgan fingerprint density at radius 1 is 1.00 bits per heavy atom. The highest BCUT2D eigenvalue weighted by molar-refractivity contribution is 5.83. The molecule has 0 spiro atoms. The Labute approximate surface area is 117 Å². The van der Waals surface area contributed by atoms with E-state index in [1.165, 1.54) is 17.4 Å². The van der Waals surface area contributed by atoms with Crippen molar-refractivity contribution < 1.29 is 4.84 Å². The van der Waals surface area contributed by atoms with Crippen LogP contribution in [-0.2, 0) is 0 Å². The molecular formula is C17H15NO2. The van der Waals surface area contributed by atoms with Crippen LogP contribution in [0.4, 0.5) is 0 Å². The average molecular weight is 265 g/mol. The van der Waals surface area contributed by atoms with E-state index in [1.807, 2.05) is 61.5 Å². The smallest absolute Gasteiger partial charge is 0.291 e. The first-order valence-electron chi connectivity index (χ1n) is 6.47. The van der Waals surface area contributed by atoms with E-state index in [0.29, 0.717) is 5.56 Å². The van der Waals surface area contributed by atoms with Crippen LogP contribution >= 0.6 is 0 Å². The second kappa shape index (κ2) is 4.85. The van der Waals surface area contributed by atoms with Gasteiger partial charge in [0.2, 0.25) is 0 Å². The van der Waals surface area contributed by atoms with Crippen LogP contribution in [0.25, 0.3) is 22.0 Å². The lowest BCUT2D eigenvalue weighted by molar-refractivity contribution is 0.170. The van der Waals surface area contributed by atoms with Crippen LogP contribution in [0.3, 0.4) is 0 Å². The Morgan fingerprint density at radius 3 is 2.40 bits per heavy atom. The SMILES string of the molecule is COn1c(=O)c(-c2ccc(C)cc2)cc2ccccc21. The zero-order valence-electron chi connectivity index (χ0n) is 11.5. The molecule has 0 saturated carbocycles. The number of benzene rings is 2. The summed E-state index contributed by atoms with van der Waals surface area (Å²) in [6, 6.07) is 17.5. The van der Waals surface area contributed by atoms with E-state index in [9.17, 15) is 4.79 Å². The average Bonchev–Trinajstić information content (AvgIpc) is 2.48. The van der Waals surface area contributed by atoms with Crippen molar-refractivity contribution in [2.45, 2.75) is 6.92 Å². The van der Waals surface area contributed by atoms with Gasteiger partial charge in [0.15, 0.2) is 0 Å². The number of nitrogens with zero attached hydrogens (tertiary/aromatic N) is 1. The Kier molecular flexibility index (Phi) is 3.03. The molecule has 0 aliphatic carbocycles. The van der Waals surface area contributed by atoms with Gasteiger partial charge in [-0.1, -0.05) is 48.0 Å². The number of hydrogen-bond acceptors (Lipinski definition) is 2. The molecule has 3 nitrogen and oxygen atoms in total. The molecule has 0 fully saturated rings. The van der Waals surface area contributed by atoms with E-state index in [1.54, 1.807) is 0 Å². The molecule has 0 aliphatic rings. The molecule has 0 amide bonds. The number of aromatic nitrogens is 1. The summed E-state index contributed by atoms with van der Waals surface area (Å²) in [5, 5.41) is 0.976. The van der Waals surface area contributed by atoms with Gasteiger partial charge in [0.05, 0.1) is 11.1 Å². The lowest BCUT2D eigenvalue weighted by Gasteiger charge is -2.11. The number of fused-ring (bicyclic) bond motifs is 1. The number of aryl methyl sites for hydroxylation is 1. The highest BCUT2D eigenvalue weighted by atomic mass is 16.6. The van der Waals surface area contributed by atoms with Gasteiger partial charge in [-0.2, -0.15) is 0 Å². The van der Waals surface area contributed by atoms with Crippen LogP contribution in [0, 0.1) is 6.92 Å². The maximum absolute atomic E-state index is 12.5. The van der Waals surface area contributed by atoms with Crippen molar-refractivity contribution in [1.82, 2.24) is 4.73 Å². The van der Waals surface area contributed by atoms with E-state index in [4.69, 9.17) is 4.84 Å². The molecule has 1 heterocycles. The predicted molar refractivity (Wildman–Crippen MR) is 80.9 cm³/mol. The van der Waals surface area contributed by atoms with Crippen LogP contribution in [0.15, 0.2) is 59.4 Å². The maximum Gasteiger partial charge on any atom is 0.291 e. The zero-order valence-corrected chi connectivity index (χ0v) is 11.5. The van der Waals surface area contributed by atoms with Gasteiger partial charge in [-0.15, -0.1) is 4.73 Å². The van der Waals surface area contributed by atoms with Crippen LogP contribution in [-0.4, -0.2) is 11.8 Å². The highest BCUT2D eigenvalue weighted by Gasteiger charge is 2.10. The van der Waals surface area contributed by atoms with Crippen LogP contribution in [0.1, 0.15) is 5.56 Å². The third-order valence-corrected chi connectivity index (χ3v) is 3.42. The second-order valence-electron chi connectivity index (χ2n) is 4.76. The molecule has 0 atom stereocenters. The Bertz CT molecular complexity index is 817. The minimum atomic E-state index is -0.143. The van der Waals surface area contributed by atoms with E-state index in [2.05, 4.69) is 0 Å². The van der Waals surface area contributed by atoms with Gasteiger partial charge in [-0.05, 0) is 24.6 Å². The largest absolute Gasteiger partial charge is 0.413 e. The van der Waals surface area contributed by atoms with Crippen molar-refractivity contribution in [3.63, 3.8) is 0 Å². The molecule has 20 heavy (non-hydrogen) atoms. The molecule has 3 aromatic rings. The summed E-state index contributed by atoms with van der Waals surface area (Å²) < 4.78 is 1.34. The Balaban J connectivity index is 2.34. The molecule has 1 aromatic heterocycles. The first kappa shape index (κ1) is 12.5.